The van der Waals surface area contributed by atoms with E-state index in [1.807, 2.05) is 6.92 Å². The van der Waals surface area contributed by atoms with E-state index >= 15 is 0 Å². The fourth-order valence-electron chi connectivity index (χ4n) is 4.11. The quantitative estimate of drug-likeness (QED) is 0.745. The van der Waals surface area contributed by atoms with Gasteiger partial charge in [-0.15, -0.1) is 0 Å². The third kappa shape index (κ3) is 2.01. The van der Waals surface area contributed by atoms with Crippen LogP contribution in [-0.2, 0) is 4.74 Å². The predicted octanol–water partition coefficient (Wildman–Crippen LogP) is -0.250. The Morgan fingerprint density at radius 1 is 1.25 bits per heavy atom. The van der Waals surface area contributed by atoms with Crippen LogP contribution in [0.3, 0.4) is 0 Å². The lowest BCUT2D eigenvalue weighted by Gasteiger charge is -2.29. The smallest absolute Gasteiger partial charge is 0.409 e. The number of likely N-dealkylation sites (tertiary alicyclic amines) is 2. The molecule has 0 aromatic rings. The SMILES string of the molecule is CCOC(=O)N1CCC(N2CC3C(C2)C3(CO)CO)C1. The first kappa shape index (κ1) is 14.1. The Hall–Kier alpha value is -0.850. The van der Waals surface area contributed by atoms with Gasteiger partial charge in [-0.2, -0.15) is 0 Å². The van der Waals surface area contributed by atoms with Crippen molar-refractivity contribution in [2.75, 3.05) is 46.0 Å². The predicted molar refractivity (Wildman–Crippen MR) is 72.2 cm³/mol. The minimum absolute atomic E-state index is 0.0896. The number of hydrogen-bond donors (Lipinski definition) is 2. The van der Waals surface area contributed by atoms with Gasteiger partial charge in [-0.25, -0.2) is 4.79 Å². The topological polar surface area (TPSA) is 73.2 Å². The Bertz CT molecular complexity index is 371. The summed E-state index contributed by atoms with van der Waals surface area (Å²) in [6.45, 7) is 5.80. The number of ether oxygens (including phenoxy) is 1. The zero-order chi connectivity index (χ0) is 14.3. The highest BCUT2D eigenvalue weighted by Crippen LogP contribution is 2.62. The van der Waals surface area contributed by atoms with Crippen LogP contribution in [-0.4, -0.2) is 78.1 Å². The zero-order valence-corrected chi connectivity index (χ0v) is 12.0. The number of amides is 1. The van der Waals surface area contributed by atoms with Crippen molar-refractivity contribution in [3.05, 3.63) is 0 Å². The van der Waals surface area contributed by atoms with E-state index in [9.17, 15) is 15.0 Å². The molecule has 3 atom stereocenters. The van der Waals surface area contributed by atoms with Crippen molar-refractivity contribution < 1.29 is 19.7 Å². The first-order chi connectivity index (χ1) is 9.66. The van der Waals surface area contributed by atoms with Gasteiger partial charge in [0.1, 0.15) is 0 Å². The number of hydrogen-bond acceptors (Lipinski definition) is 5. The van der Waals surface area contributed by atoms with Crippen molar-refractivity contribution in [3.63, 3.8) is 0 Å². The monoisotopic (exact) mass is 284 g/mol. The third-order valence-corrected chi connectivity index (χ3v) is 5.51. The number of aliphatic hydroxyl groups excluding tert-OH is 2. The van der Waals surface area contributed by atoms with Crippen molar-refractivity contribution in [1.29, 1.82) is 0 Å². The Balaban J connectivity index is 1.51. The second kappa shape index (κ2) is 5.16. The van der Waals surface area contributed by atoms with E-state index in [-0.39, 0.29) is 24.7 Å². The molecular weight excluding hydrogens is 260 g/mol. The molecule has 0 bridgehead atoms. The maximum atomic E-state index is 11.7. The first-order valence-electron chi connectivity index (χ1n) is 7.53. The number of aliphatic hydroxyl groups is 2. The maximum absolute atomic E-state index is 11.7. The standard InChI is InChI=1S/C14H24N2O4/c1-2-20-13(19)15-4-3-10(5-15)16-6-11-12(7-16)14(11,8-17)9-18/h10-12,17-18H,2-9H2,1H3. The number of rotatable bonds is 4. The highest BCUT2D eigenvalue weighted by Gasteiger charge is 2.67. The molecule has 2 saturated heterocycles. The molecule has 1 saturated carbocycles. The van der Waals surface area contributed by atoms with E-state index in [0.717, 1.165) is 32.6 Å². The molecule has 2 N–H and O–H groups in total. The highest BCUT2D eigenvalue weighted by atomic mass is 16.6. The average molecular weight is 284 g/mol. The molecule has 1 aliphatic carbocycles. The lowest BCUT2D eigenvalue weighted by Crippen LogP contribution is -2.41. The normalized spacial score (nSPS) is 35.1. The average Bonchev–Trinajstić information content (AvgIpc) is 2.88. The van der Waals surface area contributed by atoms with Crippen LogP contribution in [0.1, 0.15) is 13.3 Å². The molecule has 0 spiro atoms. The van der Waals surface area contributed by atoms with Crippen LogP contribution in [0.5, 0.6) is 0 Å². The number of carbonyl (C=O) groups is 1. The van der Waals surface area contributed by atoms with E-state index in [4.69, 9.17) is 4.74 Å². The molecule has 2 heterocycles. The molecule has 1 amide bonds. The van der Waals surface area contributed by atoms with E-state index < -0.39 is 0 Å². The summed E-state index contributed by atoms with van der Waals surface area (Å²) in [6.07, 6.45) is 0.781. The lowest BCUT2D eigenvalue weighted by atomic mass is 10.0. The van der Waals surface area contributed by atoms with Crippen LogP contribution in [0.2, 0.25) is 0 Å². The summed E-state index contributed by atoms with van der Waals surface area (Å²) >= 11 is 0. The fourth-order valence-corrected chi connectivity index (χ4v) is 4.11. The molecule has 0 aromatic carbocycles. The Morgan fingerprint density at radius 2 is 1.90 bits per heavy atom. The molecule has 0 radical (unpaired) electrons. The minimum atomic E-state index is -0.226. The molecule has 6 nitrogen and oxygen atoms in total. The molecule has 0 aromatic heterocycles. The molecule has 20 heavy (non-hydrogen) atoms. The van der Waals surface area contributed by atoms with Gasteiger partial charge in [0.15, 0.2) is 0 Å². The Kier molecular flexibility index (Phi) is 3.64. The maximum Gasteiger partial charge on any atom is 0.409 e. The second-order valence-electron chi connectivity index (χ2n) is 6.30. The molecule has 3 rings (SSSR count). The summed E-state index contributed by atoms with van der Waals surface area (Å²) in [5.41, 5.74) is -0.226. The fraction of sp³-hybridized carbons (Fsp3) is 0.929. The van der Waals surface area contributed by atoms with Crippen LogP contribution < -0.4 is 0 Å². The van der Waals surface area contributed by atoms with Gasteiger partial charge in [0.05, 0.1) is 19.8 Å². The van der Waals surface area contributed by atoms with Crippen LogP contribution >= 0.6 is 0 Å². The number of fused-ring (bicyclic) bond motifs is 1. The van der Waals surface area contributed by atoms with Crippen molar-refractivity contribution in [3.8, 4) is 0 Å². The number of piperidine rings is 1. The second-order valence-corrected chi connectivity index (χ2v) is 6.30. The van der Waals surface area contributed by atoms with Gasteiger partial charge in [0, 0.05) is 37.6 Å². The summed E-state index contributed by atoms with van der Waals surface area (Å²) in [6, 6.07) is 0.405. The minimum Gasteiger partial charge on any atom is -0.450 e. The highest BCUT2D eigenvalue weighted by molar-refractivity contribution is 5.68. The molecule has 3 unspecified atom stereocenters. The Morgan fingerprint density at radius 3 is 2.45 bits per heavy atom. The summed E-state index contributed by atoms with van der Waals surface area (Å²) in [4.78, 5) is 15.9. The molecule has 3 aliphatic rings. The van der Waals surface area contributed by atoms with Crippen molar-refractivity contribution in [2.24, 2.45) is 17.3 Å². The van der Waals surface area contributed by atoms with Crippen molar-refractivity contribution in [1.82, 2.24) is 9.80 Å². The van der Waals surface area contributed by atoms with Gasteiger partial charge in [0.2, 0.25) is 0 Å². The lowest BCUT2D eigenvalue weighted by molar-refractivity contribution is 0.0774. The summed E-state index contributed by atoms with van der Waals surface area (Å²) in [5, 5.41) is 18.9. The van der Waals surface area contributed by atoms with E-state index in [1.54, 1.807) is 4.90 Å². The van der Waals surface area contributed by atoms with E-state index in [0.29, 0.717) is 24.5 Å². The van der Waals surface area contributed by atoms with E-state index in [2.05, 4.69) is 4.90 Å². The van der Waals surface area contributed by atoms with Crippen LogP contribution in [0.4, 0.5) is 4.79 Å². The molecular formula is C14H24N2O4. The van der Waals surface area contributed by atoms with Gasteiger partial charge < -0.3 is 19.8 Å². The summed E-state index contributed by atoms with van der Waals surface area (Å²) < 4.78 is 5.04. The van der Waals surface area contributed by atoms with Gasteiger partial charge in [-0.05, 0) is 25.2 Å². The number of carbonyl (C=O) groups excluding carboxylic acids is 1. The van der Waals surface area contributed by atoms with Gasteiger partial charge in [0.25, 0.3) is 0 Å². The van der Waals surface area contributed by atoms with E-state index in [1.165, 1.54) is 0 Å². The van der Waals surface area contributed by atoms with Gasteiger partial charge in [-0.1, -0.05) is 0 Å². The summed E-state index contributed by atoms with van der Waals surface area (Å²) in [7, 11) is 0. The van der Waals surface area contributed by atoms with Gasteiger partial charge >= 0.3 is 6.09 Å². The molecule has 2 aliphatic heterocycles. The zero-order valence-electron chi connectivity index (χ0n) is 12.0. The van der Waals surface area contributed by atoms with Crippen LogP contribution in [0.15, 0.2) is 0 Å². The third-order valence-electron chi connectivity index (χ3n) is 5.51. The van der Waals surface area contributed by atoms with Crippen molar-refractivity contribution in [2.45, 2.75) is 19.4 Å². The summed E-state index contributed by atoms with van der Waals surface area (Å²) in [5.74, 6) is 0.850. The van der Waals surface area contributed by atoms with Crippen molar-refractivity contribution >= 4 is 6.09 Å². The van der Waals surface area contributed by atoms with Crippen LogP contribution in [0.25, 0.3) is 0 Å². The number of nitrogens with zero attached hydrogens (tertiary/aromatic N) is 2. The Labute approximate surface area is 119 Å². The van der Waals surface area contributed by atoms with Gasteiger partial charge in [-0.3, -0.25) is 4.90 Å². The van der Waals surface area contributed by atoms with Crippen LogP contribution in [0, 0.1) is 17.3 Å². The molecule has 3 fully saturated rings. The largest absolute Gasteiger partial charge is 0.450 e. The first-order valence-corrected chi connectivity index (χ1v) is 7.53. The molecule has 6 heteroatoms. The molecule has 114 valence electrons.